The van der Waals surface area contributed by atoms with E-state index in [1.165, 1.54) is 4.90 Å². The molecule has 0 saturated carbocycles. The molecule has 0 bridgehead atoms. The molecule has 9 nitrogen and oxygen atoms in total. The Balaban J connectivity index is 1.59. The molecule has 2 aromatic carbocycles. The first-order valence-corrected chi connectivity index (χ1v) is 11.2. The summed E-state index contributed by atoms with van der Waals surface area (Å²) in [6.07, 6.45) is 1.70. The molecule has 4 rings (SSSR count). The van der Waals surface area contributed by atoms with Crippen LogP contribution < -0.4 is 19.7 Å². The molecule has 1 aromatic heterocycles. The van der Waals surface area contributed by atoms with Crippen LogP contribution in [0.25, 0.3) is 6.08 Å². The van der Waals surface area contributed by atoms with Gasteiger partial charge in [-0.15, -0.1) is 0 Å². The van der Waals surface area contributed by atoms with Crippen LogP contribution in [0.4, 0.5) is 11.5 Å². The summed E-state index contributed by atoms with van der Waals surface area (Å²) in [7, 11) is 3.15. The fraction of sp³-hybridized carbons (Fsp3) is 0.167. The number of aliphatic imine (C=N–C) groups is 1. The van der Waals surface area contributed by atoms with E-state index < -0.39 is 0 Å². The van der Waals surface area contributed by atoms with Crippen molar-refractivity contribution in [2.45, 2.75) is 6.92 Å². The molecule has 1 N–H and O–H groups in total. The molecule has 0 fully saturated rings. The summed E-state index contributed by atoms with van der Waals surface area (Å²) in [4.78, 5) is 31.7. The third-order valence-corrected chi connectivity index (χ3v) is 5.73. The first-order valence-electron chi connectivity index (χ1n) is 10.3. The third kappa shape index (κ3) is 5.29. The number of methoxy groups -OCH3 is 2. The van der Waals surface area contributed by atoms with E-state index in [-0.39, 0.29) is 23.3 Å². The summed E-state index contributed by atoms with van der Waals surface area (Å²) < 4.78 is 15.5. The molecule has 0 radical (unpaired) electrons. The van der Waals surface area contributed by atoms with E-state index in [1.54, 1.807) is 69.7 Å². The first kappa shape index (κ1) is 23.1. The highest BCUT2D eigenvalue weighted by Gasteiger charge is 2.32. The highest BCUT2D eigenvalue weighted by molar-refractivity contribution is 8.14. The van der Waals surface area contributed by atoms with Gasteiger partial charge in [-0.25, -0.2) is 4.99 Å². The van der Waals surface area contributed by atoms with Crippen molar-refractivity contribution in [2.24, 2.45) is 4.99 Å². The smallest absolute Gasteiger partial charge is 0.283 e. The van der Waals surface area contributed by atoms with Crippen LogP contribution in [0, 0.1) is 6.92 Å². The van der Waals surface area contributed by atoms with Crippen LogP contribution in [0.2, 0.25) is 0 Å². The van der Waals surface area contributed by atoms with Gasteiger partial charge in [0.1, 0.15) is 23.0 Å². The van der Waals surface area contributed by atoms with Crippen LogP contribution >= 0.6 is 11.8 Å². The molecule has 34 heavy (non-hydrogen) atoms. The van der Waals surface area contributed by atoms with Crippen molar-refractivity contribution in [3.05, 3.63) is 71.6 Å². The lowest BCUT2D eigenvalue weighted by atomic mass is 10.2. The van der Waals surface area contributed by atoms with Crippen LogP contribution in [0.5, 0.6) is 11.5 Å². The maximum atomic E-state index is 13.3. The number of nitrogens with one attached hydrogen (secondary N) is 1. The number of carbonyl (C=O) groups excluding carboxylic acids is 2. The summed E-state index contributed by atoms with van der Waals surface area (Å²) in [5.41, 5.74) is 1.63. The number of amidine groups is 1. The number of aryl methyl sites for hydroxylation is 1. The number of benzene rings is 2. The standard InChI is InChI=1S/C24H22N4O5S/c1-15-11-21(27-33-15)26-22(29)14-34-24-25-20(12-16-7-9-18(31-2)10-8-16)23(30)28(24)17-5-4-6-19(13-17)32-3/h4-13H,14H2,1-3H3,(H,26,27,29)/b20-12-. The number of aromatic nitrogens is 1. The zero-order valence-electron chi connectivity index (χ0n) is 18.8. The van der Waals surface area contributed by atoms with Crippen LogP contribution in [-0.4, -0.2) is 42.1 Å². The average molecular weight is 479 g/mol. The number of hydrogen-bond acceptors (Lipinski definition) is 8. The summed E-state index contributed by atoms with van der Waals surface area (Å²) in [5.74, 6) is 1.65. The molecule has 0 unspecified atom stereocenters. The van der Waals surface area contributed by atoms with E-state index in [0.29, 0.717) is 33.9 Å². The van der Waals surface area contributed by atoms with Gasteiger partial charge in [-0.05, 0) is 42.8 Å². The second-order valence-electron chi connectivity index (χ2n) is 7.20. The number of hydrogen-bond donors (Lipinski definition) is 1. The fourth-order valence-electron chi connectivity index (χ4n) is 3.16. The van der Waals surface area contributed by atoms with Gasteiger partial charge in [0.2, 0.25) is 5.91 Å². The summed E-state index contributed by atoms with van der Waals surface area (Å²) in [6, 6.07) is 16.0. The number of amides is 2. The predicted octanol–water partition coefficient (Wildman–Crippen LogP) is 4.12. The number of anilines is 2. The normalized spacial score (nSPS) is 14.3. The van der Waals surface area contributed by atoms with Gasteiger partial charge in [-0.2, -0.15) is 0 Å². The monoisotopic (exact) mass is 478 g/mol. The zero-order chi connectivity index (χ0) is 24.1. The van der Waals surface area contributed by atoms with Gasteiger partial charge in [-0.3, -0.25) is 14.5 Å². The summed E-state index contributed by atoms with van der Waals surface area (Å²) >= 11 is 1.14. The Bertz CT molecular complexity index is 1270. The van der Waals surface area contributed by atoms with Crippen molar-refractivity contribution < 1.29 is 23.6 Å². The molecule has 10 heteroatoms. The second-order valence-corrected chi connectivity index (χ2v) is 8.14. The minimum absolute atomic E-state index is 0.0221. The lowest BCUT2D eigenvalue weighted by molar-refractivity contribution is -0.114. The van der Waals surface area contributed by atoms with E-state index in [1.807, 2.05) is 12.1 Å². The fourth-order valence-corrected chi connectivity index (χ4v) is 3.98. The minimum atomic E-state index is -0.306. The van der Waals surface area contributed by atoms with Gasteiger partial charge in [0.15, 0.2) is 11.0 Å². The van der Waals surface area contributed by atoms with Gasteiger partial charge in [0.25, 0.3) is 5.91 Å². The number of ether oxygens (including phenoxy) is 2. The van der Waals surface area contributed by atoms with E-state index in [0.717, 1.165) is 17.3 Å². The first-order chi connectivity index (χ1) is 16.5. The molecule has 1 aliphatic heterocycles. The molecule has 0 saturated heterocycles. The highest BCUT2D eigenvalue weighted by atomic mass is 32.2. The quantitative estimate of drug-likeness (QED) is 0.509. The van der Waals surface area contributed by atoms with E-state index in [4.69, 9.17) is 14.0 Å². The SMILES string of the molecule is COc1ccc(/C=C2\N=C(SCC(=O)Nc3cc(C)on3)N(c3cccc(OC)c3)C2=O)cc1. The van der Waals surface area contributed by atoms with E-state index >= 15 is 0 Å². The van der Waals surface area contributed by atoms with E-state index in [9.17, 15) is 9.59 Å². The van der Waals surface area contributed by atoms with Crippen molar-refractivity contribution in [3.63, 3.8) is 0 Å². The Morgan fingerprint density at radius 1 is 1.12 bits per heavy atom. The Morgan fingerprint density at radius 2 is 1.88 bits per heavy atom. The van der Waals surface area contributed by atoms with Crippen molar-refractivity contribution >= 4 is 46.3 Å². The van der Waals surface area contributed by atoms with Crippen LogP contribution in [0.3, 0.4) is 0 Å². The lowest BCUT2D eigenvalue weighted by Gasteiger charge is -2.18. The van der Waals surface area contributed by atoms with Crippen LogP contribution in [0.1, 0.15) is 11.3 Å². The molecule has 174 valence electrons. The van der Waals surface area contributed by atoms with Crippen LogP contribution in [-0.2, 0) is 9.59 Å². The Morgan fingerprint density at radius 3 is 2.56 bits per heavy atom. The third-order valence-electron chi connectivity index (χ3n) is 4.79. The van der Waals surface area contributed by atoms with Gasteiger partial charge in [-0.1, -0.05) is 35.1 Å². The largest absolute Gasteiger partial charge is 0.497 e. The minimum Gasteiger partial charge on any atom is -0.497 e. The molecule has 0 spiro atoms. The van der Waals surface area contributed by atoms with Gasteiger partial charge >= 0.3 is 0 Å². The number of carbonyl (C=O) groups is 2. The van der Waals surface area contributed by atoms with Gasteiger partial charge < -0.3 is 19.3 Å². The molecule has 2 heterocycles. The second kappa shape index (κ2) is 10.3. The lowest BCUT2D eigenvalue weighted by Crippen LogP contribution is -2.31. The Kier molecular flexibility index (Phi) is 6.98. The number of nitrogens with zero attached hydrogens (tertiary/aromatic N) is 3. The van der Waals surface area contributed by atoms with Gasteiger partial charge in [0.05, 0.1) is 25.7 Å². The van der Waals surface area contributed by atoms with Gasteiger partial charge in [0, 0.05) is 12.1 Å². The summed E-state index contributed by atoms with van der Waals surface area (Å²) in [5, 5.41) is 6.80. The van der Waals surface area contributed by atoms with Crippen molar-refractivity contribution in [1.82, 2.24) is 5.16 Å². The molecule has 2 amide bonds. The molecule has 0 aliphatic carbocycles. The zero-order valence-corrected chi connectivity index (χ0v) is 19.6. The van der Waals surface area contributed by atoms with E-state index in [2.05, 4.69) is 15.5 Å². The summed E-state index contributed by atoms with van der Waals surface area (Å²) in [6.45, 7) is 1.74. The van der Waals surface area contributed by atoms with Crippen molar-refractivity contribution in [2.75, 3.05) is 30.2 Å². The molecule has 1 aliphatic rings. The molecular formula is C24H22N4O5S. The Hall–Kier alpha value is -4.05. The van der Waals surface area contributed by atoms with Crippen molar-refractivity contribution in [1.29, 1.82) is 0 Å². The number of rotatable bonds is 7. The molecule has 3 aromatic rings. The number of thioether (sulfide) groups is 1. The molecular weight excluding hydrogens is 456 g/mol. The average Bonchev–Trinajstić information content (AvgIpc) is 3.40. The van der Waals surface area contributed by atoms with Crippen LogP contribution in [0.15, 0.2) is 69.8 Å². The predicted molar refractivity (Wildman–Crippen MR) is 131 cm³/mol. The Labute approximate surface area is 200 Å². The van der Waals surface area contributed by atoms with Crippen molar-refractivity contribution in [3.8, 4) is 11.5 Å². The maximum absolute atomic E-state index is 13.3. The topological polar surface area (TPSA) is 106 Å². The highest BCUT2D eigenvalue weighted by Crippen LogP contribution is 2.31. The maximum Gasteiger partial charge on any atom is 0.283 e. The molecule has 0 atom stereocenters.